The normalized spacial score (nSPS) is 19.4. The Bertz CT molecular complexity index is 301. The SMILES string of the molecule is CC(C)(C)c1ccc([N+]2(C)CC2)cc1. The fraction of sp³-hybridized carbons (Fsp3) is 0.538. The summed E-state index contributed by atoms with van der Waals surface area (Å²) in [7, 11) is 2.30. The molecule has 0 amide bonds. The zero-order valence-electron chi connectivity index (χ0n) is 9.67. The summed E-state index contributed by atoms with van der Waals surface area (Å²) in [5.74, 6) is 0. The molecule has 1 saturated heterocycles. The molecule has 1 nitrogen and oxygen atoms in total. The Labute approximate surface area is 86.9 Å². The highest BCUT2D eigenvalue weighted by Gasteiger charge is 2.39. The molecule has 0 unspecified atom stereocenters. The Morgan fingerprint density at radius 1 is 1.00 bits per heavy atom. The standard InChI is InChI=1S/C13H20N/c1-13(2,3)11-5-7-12(8-6-11)14(4)9-10-14/h5-8H,9-10H2,1-4H3/q+1. The fourth-order valence-electron chi connectivity index (χ4n) is 1.73. The van der Waals surface area contributed by atoms with Crippen molar-refractivity contribution in [1.29, 1.82) is 0 Å². The van der Waals surface area contributed by atoms with E-state index in [-0.39, 0.29) is 5.41 Å². The second-order valence-corrected chi connectivity index (χ2v) is 5.64. The zero-order valence-corrected chi connectivity index (χ0v) is 9.67. The first-order valence-electron chi connectivity index (χ1n) is 5.37. The van der Waals surface area contributed by atoms with Crippen LogP contribution in [0.15, 0.2) is 24.3 Å². The molecule has 1 aromatic rings. The highest BCUT2D eigenvalue weighted by Crippen LogP contribution is 2.31. The van der Waals surface area contributed by atoms with E-state index in [1.807, 2.05) is 0 Å². The quantitative estimate of drug-likeness (QED) is 0.472. The van der Waals surface area contributed by atoms with E-state index in [0.29, 0.717) is 0 Å². The van der Waals surface area contributed by atoms with Crippen molar-refractivity contribution in [3.05, 3.63) is 29.8 Å². The summed E-state index contributed by atoms with van der Waals surface area (Å²) in [4.78, 5) is 0. The first-order valence-corrected chi connectivity index (χ1v) is 5.37. The van der Waals surface area contributed by atoms with Crippen molar-refractivity contribution in [2.45, 2.75) is 26.2 Å². The summed E-state index contributed by atoms with van der Waals surface area (Å²) in [6.07, 6.45) is 0. The van der Waals surface area contributed by atoms with Gasteiger partial charge in [0.05, 0.1) is 7.05 Å². The van der Waals surface area contributed by atoms with Gasteiger partial charge < -0.3 is 0 Å². The molecule has 2 rings (SSSR count). The fourth-order valence-corrected chi connectivity index (χ4v) is 1.73. The van der Waals surface area contributed by atoms with Gasteiger partial charge in [0.2, 0.25) is 0 Å². The molecule has 14 heavy (non-hydrogen) atoms. The van der Waals surface area contributed by atoms with Crippen molar-refractivity contribution < 1.29 is 0 Å². The van der Waals surface area contributed by atoms with E-state index in [2.05, 4.69) is 52.1 Å². The van der Waals surface area contributed by atoms with Crippen LogP contribution in [0.25, 0.3) is 0 Å². The number of hydrogen-bond acceptors (Lipinski definition) is 0. The van der Waals surface area contributed by atoms with Gasteiger partial charge in [0.1, 0.15) is 18.8 Å². The van der Waals surface area contributed by atoms with Gasteiger partial charge in [-0.1, -0.05) is 32.9 Å². The molecule has 1 aliphatic rings. The summed E-state index contributed by atoms with van der Waals surface area (Å²) in [6, 6.07) is 9.12. The third-order valence-corrected chi connectivity index (χ3v) is 3.25. The van der Waals surface area contributed by atoms with E-state index in [1.165, 1.54) is 24.3 Å². The third-order valence-electron chi connectivity index (χ3n) is 3.25. The Kier molecular flexibility index (Phi) is 1.97. The van der Waals surface area contributed by atoms with Crippen LogP contribution in [0.4, 0.5) is 5.69 Å². The minimum absolute atomic E-state index is 0.274. The van der Waals surface area contributed by atoms with Gasteiger partial charge in [-0.25, -0.2) is 0 Å². The molecule has 1 heteroatoms. The summed E-state index contributed by atoms with van der Waals surface area (Å²) in [6.45, 7) is 9.38. The van der Waals surface area contributed by atoms with Gasteiger partial charge in [-0.05, 0) is 23.1 Å². The molecule has 1 aromatic carbocycles. The molecular weight excluding hydrogens is 170 g/mol. The first-order chi connectivity index (χ1) is 6.42. The van der Waals surface area contributed by atoms with Gasteiger partial charge in [-0.15, -0.1) is 0 Å². The van der Waals surface area contributed by atoms with Crippen LogP contribution in [0.5, 0.6) is 0 Å². The van der Waals surface area contributed by atoms with E-state index >= 15 is 0 Å². The summed E-state index contributed by atoms with van der Waals surface area (Å²) in [5.41, 5.74) is 3.16. The van der Waals surface area contributed by atoms with E-state index in [9.17, 15) is 0 Å². The van der Waals surface area contributed by atoms with Gasteiger partial charge in [0.25, 0.3) is 0 Å². The van der Waals surface area contributed by atoms with Crippen LogP contribution in [0.1, 0.15) is 26.3 Å². The predicted octanol–water partition coefficient (Wildman–Crippen LogP) is 2.93. The highest BCUT2D eigenvalue weighted by molar-refractivity contribution is 5.48. The Morgan fingerprint density at radius 3 is 1.86 bits per heavy atom. The summed E-state index contributed by atoms with van der Waals surface area (Å²) >= 11 is 0. The maximum absolute atomic E-state index is 2.30. The van der Waals surface area contributed by atoms with Crippen LogP contribution in [-0.4, -0.2) is 20.1 Å². The largest absolute Gasteiger partial charge is 0.284 e. The van der Waals surface area contributed by atoms with E-state index in [0.717, 1.165) is 4.48 Å². The first kappa shape index (κ1) is 9.72. The van der Waals surface area contributed by atoms with Crippen LogP contribution in [0.2, 0.25) is 0 Å². The van der Waals surface area contributed by atoms with E-state index in [1.54, 1.807) is 0 Å². The molecular formula is C13H20N+. The van der Waals surface area contributed by atoms with Crippen molar-refractivity contribution in [1.82, 2.24) is 4.48 Å². The number of hydrogen-bond donors (Lipinski definition) is 0. The molecule has 76 valence electrons. The van der Waals surface area contributed by atoms with Crippen LogP contribution in [-0.2, 0) is 5.41 Å². The Balaban J connectivity index is 2.27. The smallest absolute Gasteiger partial charge is 0.134 e. The molecule has 1 fully saturated rings. The molecule has 0 aromatic heterocycles. The van der Waals surface area contributed by atoms with Crippen molar-refractivity contribution >= 4 is 5.69 Å². The lowest BCUT2D eigenvalue weighted by molar-refractivity contribution is 0.588. The molecule has 1 aliphatic heterocycles. The number of benzene rings is 1. The van der Waals surface area contributed by atoms with E-state index in [4.69, 9.17) is 0 Å². The highest BCUT2D eigenvalue weighted by atomic mass is 15.5. The third kappa shape index (κ3) is 1.69. The average molecular weight is 190 g/mol. The van der Waals surface area contributed by atoms with Crippen molar-refractivity contribution in [2.24, 2.45) is 0 Å². The van der Waals surface area contributed by atoms with Gasteiger partial charge in [0.15, 0.2) is 0 Å². The summed E-state index contributed by atoms with van der Waals surface area (Å²) in [5, 5.41) is 0. The number of rotatable bonds is 1. The minimum atomic E-state index is 0.274. The molecule has 0 aliphatic carbocycles. The van der Waals surface area contributed by atoms with Crippen LogP contribution < -0.4 is 4.48 Å². The second kappa shape index (κ2) is 2.83. The molecule has 0 N–H and O–H groups in total. The Morgan fingerprint density at radius 2 is 1.50 bits per heavy atom. The molecule has 0 bridgehead atoms. The molecule has 1 heterocycles. The van der Waals surface area contributed by atoms with E-state index < -0.39 is 0 Å². The lowest BCUT2D eigenvalue weighted by atomic mass is 9.87. The van der Waals surface area contributed by atoms with Gasteiger partial charge >= 0.3 is 0 Å². The average Bonchev–Trinajstić information content (AvgIpc) is 2.84. The van der Waals surface area contributed by atoms with Gasteiger partial charge in [0, 0.05) is 0 Å². The zero-order chi connectivity index (χ0) is 10.4. The van der Waals surface area contributed by atoms with Crippen molar-refractivity contribution in [2.75, 3.05) is 20.1 Å². The number of quaternary nitrogens is 1. The molecule has 0 spiro atoms. The second-order valence-electron chi connectivity index (χ2n) is 5.64. The maximum atomic E-state index is 2.30. The Hall–Kier alpha value is -0.820. The van der Waals surface area contributed by atoms with Crippen molar-refractivity contribution in [3.63, 3.8) is 0 Å². The van der Waals surface area contributed by atoms with Gasteiger partial charge in [-0.2, -0.15) is 0 Å². The van der Waals surface area contributed by atoms with Gasteiger partial charge in [-0.3, -0.25) is 4.48 Å². The lowest BCUT2D eigenvalue weighted by Crippen LogP contribution is -2.19. The predicted molar refractivity (Wildman–Crippen MR) is 62.6 cm³/mol. The number of nitrogens with zero attached hydrogens (tertiary/aromatic N) is 1. The van der Waals surface area contributed by atoms with Crippen LogP contribution in [0, 0.1) is 0 Å². The van der Waals surface area contributed by atoms with Crippen LogP contribution >= 0.6 is 0 Å². The summed E-state index contributed by atoms with van der Waals surface area (Å²) < 4.78 is 1.13. The van der Waals surface area contributed by atoms with Crippen LogP contribution in [0.3, 0.4) is 0 Å². The molecule has 0 saturated carbocycles. The minimum Gasteiger partial charge on any atom is -0.284 e. The maximum Gasteiger partial charge on any atom is 0.134 e. The van der Waals surface area contributed by atoms with Crippen molar-refractivity contribution in [3.8, 4) is 0 Å². The monoisotopic (exact) mass is 190 g/mol. The number of likely N-dealkylation sites (N-methyl/N-ethyl adjacent to an activating group) is 1. The molecule has 0 radical (unpaired) electrons. The molecule has 0 atom stereocenters. The topological polar surface area (TPSA) is 0 Å². The lowest BCUT2D eigenvalue weighted by Gasteiger charge is -2.20.